The van der Waals surface area contributed by atoms with Crippen molar-refractivity contribution in [1.82, 2.24) is 15.1 Å². The van der Waals surface area contributed by atoms with Gasteiger partial charge in [0.05, 0.1) is 11.9 Å². The zero-order valence-corrected chi connectivity index (χ0v) is 15.0. The zero-order chi connectivity index (χ0) is 19.4. The number of nitrogens with one attached hydrogen (secondary N) is 1. The summed E-state index contributed by atoms with van der Waals surface area (Å²) in [6, 6.07) is 12.8. The number of halogens is 3. The lowest BCUT2D eigenvalue weighted by Crippen LogP contribution is -2.18. The SMILES string of the molecule is Cc1c([C@@H](C)NCc2ccc(OC(F)F)cc2)cnn1-c1cccc(F)c1. The van der Waals surface area contributed by atoms with Crippen LogP contribution in [-0.4, -0.2) is 16.4 Å². The van der Waals surface area contributed by atoms with Gasteiger partial charge in [0.2, 0.25) is 0 Å². The van der Waals surface area contributed by atoms with Gasteiger partial charge in [-0.05, 0) is 49.7 Å². The van der Waals surface area contributed by atoms with Crippen molar-refractivity contribution >= 4 is 0 Å². The molecule has 2 aromatic carbocycles. The average Bonchev–Trinajstić information content (AvgIpc) is 3.02. The Morgan fingerprint density at radius 3 is 2.56 bits per heavy atom. The third kappa shape index (κ3) is 4.68. The van der Waals surface area contributed by atoms with E-state index in [0.717, 1.165) is 16.8 Å². The summed E-state index contributed by atoms with van der Waals surface area (Å²) in [6.07, 6.45) is 1.76. The van der Waals surface area contributed by atoms with Crippen LogP contribution in [0, 0.1) is 12.7 Å². The van der Waals surface area contributed by atoms with Crippen LogP contribution in [0.25, 0.3) is 5.69 Å². The summed E-state index contributed by atoms with van der Waals surface area (Å²) >= 11 is 0. The molecule has 142 valence electrons. The van der Waals surface area contributed by atoms with Gasteiger partial charge in [0.1, 0.15) is 11.6 Å². The van der Waals surface area contributed by atoms with Crippen molar-refractivity contribution < 1.29 is 17.9 Å². The lowest BCUT2D eigenvalue weighted by atomic mass is 10.1. The molecule has 0 aliphatic rings. The second kappa shape index (κ2) is 8.26. The molecule has 0 saturated heterocycles. The van der Waals surface area contributed by atoms with E-state index in [1.807, 2.05) is 13.8 Å². The molecule has 0 fully saturated rings. The molecule has 1 heterocycles. The normalized spacial score (nSPS) is 12.4. The van der Waals surface area contributed by atoms with E-state index < -0.39 is 6.61 Å². The summed E-state index contributed by atoms with van der Waals surface area (Å²) in [4.78, 5) is 0. The maximum atomic E-state index is 13.5. The quantitative estimate of drug-likeness (QED) is 0.646. The summed E-state index contributed by atoms with van der Waals surface area (Å²) in [6.45, 7) is 1.67. The van der Waals surface area contributed by atoms with Crippen LogP contribution in [0.2, 0.25) is 0 Å². The van der Waals surface area contributed by atoms with Crippen molar-refractivity contribution in [2.24, 2.45) is 0 Å². The van der Waals surface area contributed by atoms with Gasteiger partial charge < -0.3 is 10.1 Å². The van der Waals surface area contributed by atoms with Crippen LogP contribution in [0.4, 0.5) is 13.2 Å². The molecule has 0 saturated carbocycles. The predicted octanol–water partition coefficient (Wildman–Crippen LogP) is 4.77. The fourth-order valence-corrected chi connectivity index (χ4v) is 2.89. The first-order valence-corrected chi connectivity index (χ1v) is 8.51. The smallest absolute Gasteiger partial charge is 0.387 e. The highest BCUT2D eigenvalue weighted by Gasteiger charge is 2.14. The zero-order valence-electron chi connectivity index (χ0n) is 15.0. The van der Waals surface area contributed by atoms with Gasteiger partial charge in [-0.3, -0.25) is 0 Å². The third-order valence-corrected chi connectivity index (χ3v) is 4.33. The lowest BCUT2D eigenvalue weighted by Gasteiger charge is -2.14. The number of hydrogen-bond donors (Lipinski definition) is 1. The van der Waals surface area contributed by atoms with Crippen LogP contribution in [0.1, 0.15) is 29.8 Å². The standard InChI is InChI=1S/C20H20F3N3O/c1-13(24-11-15-6-8-18(9-7-15)27-20(22)23)19-12-25-26(14(19)2)17-5-3-4-16(21)10-17/h3-10,12-13,20,24H,11H2,1-2H3/t13-/m1/s1. The minimum Gasteiger partial charge on any atom is -0.435 e. The van der Waals surface area contributed by atoms with Crippen molar-refractivity contribution in [3.8, 4) is 11.4 Å². The summed E-state index contributed by atoms with van der Waals surface area (Å²) in [5, 5.41) is 7.74. The molecule has 3 aromatic rings. The largest absolute Gasteiger partial charge is 0.435 e. The molecule has 0 unspecified atom stereocenters. The molecule has 0 radical (unpaired) electrons. The Morgan fingerprint density at radius 1 is 1.15 bits per heavy atom. The van der Waals surface area contributed by atoms with E-state index >= 15 is 0 Å². The minimum atomic E-state index is -2.83. The Bertz CT molecular complexity index is 894. The molecule has 0 spiro atoms. The lowest BCUT2D eigenvalue weighted by molar-refractivity contribution is -0.0498. The molecule has 4 nitrogen and oxygen atoms in total. The number of nitrogens with zero attached hydrogens (tertiary/aromatic N) is 2. The second-order valence-corrected chi connectivity index (χ2v) is 6.20. The van der Waals surface area contributed by atoms with E-state index in [2.05, 4.69) is 15.2 Å². The van der Waals surface area contributed by atoms with Gasteiger partial charge in [-0.2, -0.15) is 13.9 Å². The molecule has 0 amide bonds. The first-order chi connectivity index (χ1) is 12.9. The monoisotopic (exact) mass is 375 g/mol. The number of aromatic nitrogens is 2. The van der Waals surface area contributed by atoms with Crippen LogP contribution in [-0.2, 0) is 6.54 Å². The summed E-state index contributed by atoms with van der Waals surface area (Å²) in [5.74, 6) is -0.177. The Kier molecular flexibility index (Phi) is 5.81. The summed E-state index contributed by atoms with van der Waals surface area (Å²) in [7, 11) is 0. The number of alkyl halides is 2. The van der Waals surface area contributed by atoms with Crippen molar-refractivity contribution in [2.45, 2.75) is 33.0 Å². The van der Waals surface area contributed by atoms with Gasteiger partial charge in [-0.1, -0.05) is 18.2 Å². The van der Waals surface area contributed by atoms with Crippen molar-refractivity contribution in [2.75, 3.05) is 0 Å². The topological polar surface area (TPSA) is 39.1 Å². The number of ether oxygens (including phenoxy) is 1. The van der Waals surface area contributed by atoms with Gasteiger partial charge in [0.25, 0.3) is 0 Å². The maximum Gasteiger partial charge on any atom is 0.387 e. The number of hydrogen-bond acceptors (Lipinski definition) is 3. The van der Waals surface area contributed by atoms with Crippen LogP contribution in [0.15, 0.2) is 54.7 Å². The van der Waals surface area contributed by atoms with Crippen LogP contribution in [0.3, 0.4) is 0 Å². The van der Waals surface area contributed by atoms with E-state index in [4.69, 9.17) is 0 Å². The van der Waals surface area contributed by atoms with Crippen LogP contribution in [0.5, 0.6) is 5.75 Å². The van der Waals surface area contributed by atoms with Crippen molar-refractivity contribution in [3.63, 3.8) is 0 Å². The molecule has 3 rings (SSSR count). The van der Waals surface area contributed by atoms with E-state index in [1.54, 1.807) is 35.1 Å². The van der Waals surface area contributed by atoms with Gasteiger partial charge in [-0.15, -0.1) is 0 Å². The molecule has 1 aromatic heterocycles. The first-order valence-electron chi connectivity index (χ1n) is 8.51. The summed E-state index contributed by atoms with van der Waals surface area (Å²) in [5.41, 5.74) is 3.53. The Morgan fingerprint density at radius 2 is 1.89 bits per heavy atom. The minimum absolute atomic E-state index is 0.00398. The predicted molar refractivity (Wildman–Crippen MR) is 96.6 cm³/mol. The highest BCUT2D eigenvalue weighted by molar-refractivity contribution is 5.36. The molecule has 1 atom stereocenters. The highest BCUT2D eigenvalue weighted by atomic mass is 19.3. The first kappa shape index (κ1) is 19.0. The van der Waals surface area contributed by atoms with Crippen molar-refractivity contribution in [3.05, 3.63) is 77.4 Å². The van der Waals surface area contributed by atoms with Crippen molar-refractivity contribution in [1.29, 1.82) is 0 Å². The molecule has 0 aliphatic heterocycles. The van der Waals surface area contributed by atoms with Crippen LogP contribution >= 0.6 is 0 Å². The van der Waals surface area contributed by atoms with E-state index in [0.29, 0.717) is 12.2 Å². The van der Waals surface area contributed by atoms with Gasteiger partial charge in [0, 0.05) is 23.8 Å². The molecule has 27 heavy (non-hydrogen) atoms. The molecular weight excluding hydrogens is 355 g/mol. The van der Waals surface area contributed by atoms with E-state index in [9.17, 15) is 13.2 Å². The van der Waals surface area contributed by atoms with Crippen LogP contribution < -0.4 is 10.1 Å². The molecular formula is C20H20F3N3O. The highest BCUT2D eigenvalue weighted by Crippen LogP contribution is 2.21. The Labute approximate surface area is 155 Å². The molecule has 0 aliphatic carbocycles. The maximum absolute atomic E-state index is 13.5. The van der Waals surface area contributed by atoms with Gasteiger partial charge in [-0.25, -0.2) is 9.07 Å². The Balaban J connectivity index is 1.65. The molecule has 0 bridgehead atoms. The molecule has 1 N–H and O–H groups in total. The average molecular weight is 375 g/mol. The number of benzene rings is 2. The van der Waals surface area contributed by atoms with Gasteiger partial charge >= 0.3 is 6.61 Å². The third-order valence-electron chi connectivity index (χ3n) is 4.33. The van der Waals surface area contributed by atoms with Gasteiger partial charge in [0.15, 0.2) is 0 Å². The molecule has 7 heteroatoms. The Hall–Kier alpha value is -2.80. The van der Waals surface area contributed by atoms with E-state index in [-0.39, 0.29) is 17.6 Å². The fourth-order valence-electron chi connectivity index (χ4n) is 2.89. The van der Waals surface area contributed by atoms with E-state index in [1.165, 1.54) is 24.3 Å². The fraction of sp³-hybridized carbons (Fsp3) is 0.250. The number of rotatable bonds is 7. The second-order valence-electron chi connectivity index (χ2n) is 6.20. The summed E-state index contributed by atoms with van der Waals surface area (Å²) < 4.78 is 43.9.